The molecule has 0 aliphatic rings. The Kier molecular flexibility index (Phi) is 3.90. The summed E-state index contributed by atoms with van der Waals surface area (Å²) in [6.07, 6.45) is 4.47. The molecule has 0 aliphatic carbocycles. The lowest BCUT2D eigenvalue weighted by atomic mass is 10.2. The number of nitrogens with two attached hydrogens (primary N) is 1. The molecule has 21 heavy (non-hydrogen) atoms. The fraction of sp³-hybridized carbons (Fsp3) is 0.188. The molecule has 0 spiro atoms. The van der Waals surface area contributed by atoms with E-state index in [4.69, 9.17) is 17.3 Å². The molecule has 0 bridgehead atoms. The largest absolute Gasteiger partial charge is 0.330 e. The van der Waals surface area contributed by atoms with Crippen molar-refractivity contribution >= 4 is 22.6 Å². The van der Waals surface area contributed by atoms with Crippen LogP contribution >= 0.6 is 11.6 Å². The Labute approximate surface area is 127 Å². The first-order valence-electron chi connectivity index (χ1n) is 6.76. The third kappa shape index (κ3) is 2.64. The van der Waals surface area contributed by atoms with Crippen LogP contribution in [0.2, 0.25) is 5.02 Å². The molecule has 0 saturated heterocycles. The zero-order valence-electron chi connectivity index (χ0n) is 11.4. The van der Waals surface area contributed by atoms with E-state index in [2.05, 4.69) is 4.98 Å². The predicted octanol–water partition coefficient (Wildman–Crippen LogP) is 3.38. The molecular formula is C16H15ClFN3. The van der Waals surface area contributed by atoms with Crippen molar-refractivity contribution in [3.63, 3.8) is 0 Å². The summed E-state index contributed by atoms with van der Waals surface area (Å²) in [5.41, 5.74) is 8.06. The molecule has 3 nitrogen and oxygen atoms in total. The second kappa shape index (κ2) is 5.84. The first-order valence-corrected chi connectivity index (χ1v) is 7.14. The normalized spacial score (nSPS) is 11.2. The molecule has 0 aliphatic heterocycles. The molecule has 0 amide bonds. The van der Waals surface area contributed by atoms with Gasteiger partial charge >= 0.3 is 0 Å². The highest BCUT2D eigenvalue weighted by atomic mass is 35.5. The van der Waals surface area contributed by atoms with Crippen molar-refractivity contribution in [1.82, 2.24) is 9.55 Å². The van der Waals surface area contributed by atoms with Gasteiger partial charge in [-0.15, -0.1) is 0 Å². The molecular weight excluding hydrogens is 289 g/mol. The molecule has 2 N–H and O–H groups in total. The van der Waals surface area contributed by atoms with E-state index in [0.29, 0.717) is 23.7 Å². The topological polar surface area (TPSA) is 43.8 Å². The average molecular weight is 304 g/mol. The molecule has 3 rings (SSSR count). The van der Waals surface area contributed by atoms with Crippen LogP contribution in [0.4, 0.5) is 4.39 Å². The maximum Gasteiger partial charge on any atom is 0.140 e. The third-order valence-electron chi connectivity index (χ3n) is 3.52. The van der Waals surface area contributed by atoms with Crippen LogP contribution in [-0.2, 0) is 13.0 Å². The number of rotatable bonds is 4. The number of halogens is 2. The van der Waals surface area contributed by atoms with Crippen molar-refractivity contribution in [1.29, 1.82) is 0 Å². The molecule has 0 radical (unpaired) electrons. The Balaban J connectivity index is 2.09. The summed E-state index contributed by atoms with van der Waals surface area (Å²) in [7, 11) is 0. The van der Waals surface area contributed by atoms with Gasteiger partial charge in [-0.3, -0.25) is 0 Å². The molecule has 2 heterocycles. The molecule has 0 fully saturated rings. The van der Waals surface area contributed by atoms with Gasteiger partial charge in [0.15, 0.2) is 0 Å². The SMILES string of the molecule is NCCc1cn(Cc2c(F)cccc2Cl)c2ncccc12. The summed E-state index contributed by atoms with van der Waals surface area (Å²) in [6.45, 7) is 0.915. The van der Waals surface area contributed by atoms with Gasteiger partial charge in [0.25, 0.3) is 0 Å². The fourth-order valence-corrected chi connectivity index (χ4v) is 2.75. The van der Waals surface area contributed by atoms with Crippen LogP contribution in [0.5, 0.6) is 0 Å². The molecule has 3 aromatic rings. The van der Waals surface area contributed by atoms with Crippen LogP contribution in [0.3, 0.4) is 0 Å². The van der Waals surface area contributed by atoms with Crippen LogP contribution in [0.15, 0.2) is 42.7 Å². The van der Waals surface area contributed by atoms with Crippen molar-refractivity contribution in [3.8, 4) is 0 Å². The summed E-state index contributed by atoms with van der Waals surface area (Å²) in [4.78, 5) is 4.40. The van der Waals surface area contributed by atoms with Crippen molar-refractivity contribution in [2.45, 2.75) is 13.0 Å². The van der Waals surface area contributed by atoms with Crippen LogP contribution in [0, 0.1) is 5.82 Å². The van der Waals surface area contributed by atoms with Crippen molar-refractivity contribution in [2.24, 2.45) is 5.73 Å². The minimum absolute atomic E-state index is 0.305. The Morgan fingerprint density at radius 2 is 2.10 bits per heavy atom. The van der Waals surface area contributed by atoms with E-state index in [-0.39, 0.29) is 5.82 Å². The summed E-state index contributed by atoms with van der Waals surface area (Å²) in [6, 6.07) is 8.61. The summed E-state index contributed by atoms with van der Waals surface area (Å²) < 4.78 is 15.9. The zero-order valence-corrected chi connectivity index (χ0v) is 12.1. The van der Waals surface area contributed by atoms with Gasteiger partial charge in [-0.05, 0) is 42.8 Å². The number of benzene rings is 1. The maximum absolute atomic E-state index is 14.0. The number of aromatic nitrogens is 2. The highest BCUT2D eigenvalue weighted by molar-refractivity contribution is 6.31. The number of hydrogen-bond donors (Lipinski definition) is 1. The van der Waals surface area contributed by atoms with E-state index >= 15 is 0 Å². The smallest absolute Gasteiger partial charge is 0.140 e. The standard InChI is InChI=1S/C16H15ClFN3/c17-14-4-1-5-15(18)13(14)10-21-9-11(6-7-19)12-3-2-8-20-16(12)21/h1-5,8-9H,6-7,10,19H2. The van der Waals surface area contributed by atoms with Crippen molar-refractivity contribution < 1.29 is 4.39 Å². The predicted molar refractivity (Wildman–Crippen MR) is 83.0 cm³/mol. The maximum atomic E-state index is 14.0. The van der Waals surface area contributed by atoms with Gasteiger partial charge in [-0.2, -0.15) is 0 Å². The molecule has 0 atom stereocenters. The van der Waals surface area contributed by atoms with E-state index in [0.717, 1.165) is 23.0 Å². The highest BCUT2D eigenvalue weighted by Gasteiger charge is 2.12. The van der Waals surface area contributed by atoms with Crippen LogP contribution < -0.4 is 5.73 Å². The Morgan fingerprint density at radius 1 is 1.24 bits per heavy atom. The van der Waals surface area contributed by atoms with E-state index in [1.807, 2.05) is 22.9 Å². The number of hydrogen-bond acceptors (Lipinski definition) is 2. The number of nitrogens with zero attached hydrogens (tertiary/aromatic N) is 2. The van der Waals surface area contributed by atoms with Gasteiger partial charge in [-0.1, -0.05) is 17.7 Å². The second-order valence-electron chi connectivity index (χ2n) is 4.90. The molecule has 0 saturated carbocycles. The minimum atomic E-state index is -0.305. The van der Waals surface area contributed by atoms with E-state index in [1.54, 1.807) is 18.3 Å². The van der Waals surface area contributed by atoms with Gasteiger partial charge < -0.3 is 10.3 Å². The minimum Gasteiger partial charge on any atom is -0.330 e. The van der Waals surface area contributed by atoms with Gasteiger partial charge in [0.1, 0.15) is 11.5 Å². The Morgan fingerprint density at radius 3 is 2.86 bits per heavy atom. The first-order chi connectivity index (χ1) is 10.2. The third-order valence-corrected chi connectivity index (χ3v) is 3.87. The summed E-state index contributed by atoms with van der Waals surface area (Å²) in [5.74, 6) is -0.305. The van der Waals surface area contributed by atoms with Gasteiger partial charge in [0.2, 0.25) is 0 Å². The fourth-order valence-electron chi connectivity index (χ4n) is 2.52. The van der Waals surface area contributed by atoms with Crippen LogP contribution in [0.25, 0.3) is 11.0 Å². The second-order valence-corrected chi connectivity index (χ2v) is 5.30. The lowest BCUT2D eigenvalue weighted by Crippen LogP contribution is -2.03. The zero-order chi connectivity index (χ0) is 14.8. The highest BCUT2D eigenvalue weighted by Crippen LogP contribution is 2.24. The molecule has 108 valence electrons. The molecule has 5 heteroatoms. The quantitative estimate of drug-likeness (QED) is 0.803. The van der Waals surface area contributed by atoms with Gasteiger partial charge in [0, 0.05) is 28.4 Å². The number of pyridine rings is 1. The molecule has 1 aromatic carbocycles. The van der Waals surface area contributed by atoms with E-state index < -0.39 is 0 Å². The lowest BCUT2D eigenvalue weighted by molar-refractivity contribution is 0.601. The van der Waals surface area contributed by atoms with Crippen LogP contribution in [0.1, 0.15) is 11.1 Å². The van der Waals surface area contributed by atoms with Crippen molar-refractivity contribution in [2.75, 3.05) is 6.54 Å². The van der Waals surface area contributed by atoms with Gasteiger partial charge in [-0.25, -0.2) is 9.37 Å². The molecule has 2 aromatic heterocycles. The summed E-state index contributed by atoms with van der Waals surface area (Å²) in [5, 5.41) is 1.48. The lowest BCUT2D eigenvalue weighted by Gasteiger charge is -2.08. The van der Waals surface area contributed by atoms with E-state index in [9.17, 15) is 4.39 Å². The summed E-state index contributed by atoms with van der Waals surface area (Å²) >= 11 is 6.10. The molecule has 0 unspecified atom stereocenters. The first kappa shape index (κ1) is 14.0. The van der Waals surface area contributed by atoms with Gasteiger partial charge in [0.05, 0.1) is 6.54 Å². The monoisotopic (exact) mass is 303 g/mol. The Hall–Kier alpha value is -1.91. The van der Waals surface area contributed by atoms with Crippen LogP contribution in [-0.4, -0.2) is 16.1 Å². The van der Waals surface area contributed by atoms with E-state index in [1.165, 1.54) is 6.07 Å². The average Bonchev–Trinajstić information content (AvgIpc) is 2.82. The van der Waals surface area contributed by atoms with Crippen molar-refractivity contribution in [3.05, 3.63) is 64.7 Å². The Bertz CT molecular complexity index is 762. The number of fused-ring (bicyclic) bond motifs is 1.